The van der Waals surface area contributed by atoms with E-state index in [1.807, 2.05) is 24.3 Å². The molecule has 0 bridgehead atoms. The van der Waals surface area contributed by atoms with Crippen LogP contribution >= 0.6 is 0 Å². The van der Waals surface area contributed by atoms with Crippen LogP contribution in [0.3, 0.4) is 0 Å². The molecule has 4 heteroatoms. The minimum atomic E-state index is -0.492. The van der Waals surface area contributed by atoms with E-state index in [0.29, 0.717) is 13.2 Å². The number of aliphatic hydroxyl groups is 1. The van der Waals surface area contributed by atoms with Crippen molar-refractivity contribution in [1.29, 1.82) is 0 Å². The van der Waals surface area contributed by atoms with E-state index in [2.05, 4.69) is 60.0 Å². The van der Waals surface area contributed by atoms with E-state index in [0.717, 1.165) is 37.3 Å². The third-order valence-electron chi connectivity index (χ3n) is 5.70. The average Bonchev–Trinajstić information content (AvgIpc) is 2.73. The predicted molar refractivity (Wildman–Crippen MR) is 120 cm³/mol. The number of rotatable bonds is 6. The molecule has 1 aliphatic heterocycles. The van der Waals surface area contributed by atoms with Gasteiger partial charge in [0.25, 0.3) is 0 Å². The van der Waals surface area contributed by atoms with Gasteiger partial charge in [0.15, 0.2) is 0 Å². The first-order valence-corrected chi connectivity index (χ1v) is 10.4. The monoisotopic (exact) mass is 390 g/mol. The summed E-state index contributed by atoms with van der Waals surface area (Å²) in [6.07, 6.45) is -0.492. The number of hydrogen-bond donors (Lipinski definition) is 1. The molecule has 0 saturated carbocycles. The van der Waals surface area contributed by atoms with Crippen molar-refractivity contribution in [3.05, 3.63) is 71.8 Å². The Morgan fingerprint density at radius 2 is 1.66 bits per heavy atom. The molecule has 1 N–H and O–H groups in total. The quantitative estimate of drug-likeness (QED) is 0.690. The van der Waals surface area contributed by atoms with Gasteiger partial charge in [-0.05, 0) is 48.4 Å². The second-order valence-corrected chi connectivity index (χ2v) is 8.05. The Labute approximate surface area is 173 Å². The van der Waals surface area contributed by atoms with E-state index in [1.54, 1.807) is 0 Å². The Kier molecular flexibility index (Phi) is 6.02. The molecular formula is C25H30N2O2. The maximum Gasteiger partial charge on any atom is 0.120 e. The van der Waals surface area contributed by atoms with Crippen LogP contribution in [0.4, 0.5) is 5.69 Å². The molecule has 0 aromatic heterocycles. The first-order valence-electron chi connectivity index (χ1n) is 10.4. The predicted octanol–water partition coefficient (Wildman–Crippen LogP) is 4.02. The molecule has 3 aromatic rings. The number of aliphatic hydroxyl groups excluding tert-OH is 1. The lowest BCUT2D eigenvalue weighted by Crippen LogP contribution is -2.49. The standard InChI is InChI=1S/C25H30N2O2/c1-19-7-10-25(20(2)15-19)27-13-11-26(12-14-27)17-23(28)18-29-24-9-8-21-5-3-4-6-22(21)16-24/h3-10,15-16,23,28H,11-14,17-18H2,1-2H3. The molecule has 1 aliphatic rings. The number of nitrogens with zero attached hydrogens (tertiary/aromatic N) is 2. The Balaban J connectivity index is 1.25. The van der Waals surface area contributed by atoms with Gasteiger partial charge in [-0.25, -0.2) is 0 Å². The fourth-order valence-corrected chi connectivity index (χ4v) is 4.13. The summed E-state index contributed by atoms with van der Waals surface area (Å²) in [5.41, 5.74) is 3.97. The molecule has 29 heavy (non-hydrogen) atoms. The number of fused-ring (bicyclic) bond motifs is 1. The van der Waals surface area contributed by atoms with Gasteiger partial charge in [-0.2, -0.15) is 0 Å². The summed E-state index contributed by atoms with van der Waals surface area (Å²) >= 11 is 0. The zero-order chi connectivity index (χ0) is 20.2. The molecule has 0 aliphatic carbocycles. The molecule has 1 fully saturated rings. The molecular weight excluding hydrogens is 360 g/mol. The lowest BCUT2D eigenvalue weighted by atomic mass is 10.1. The molecule has 0 amide bonds. The molecule has 1 saturated heterocycles. The van der Waals surface area contributed by atoms with Gasteiger partial charge in [0, 0.05) is 38.4 Å². The molecule has 3 aromatic carbocycles. The molecule has 1 atom stereocenters. The summed E-state index contributed by atoms with van der Waals surface area (Å²) in [5.74, 6) is 0.808. The van der Waals surface area contributed by atoms with E-state index in [1.165, 1.54) is 22.2 Å². The summed E-state index contributed by atoms with van der Waals surface area (Å²) < 4.78 is 5.85. The molecule has 0 radical (unpaired) electrons. The Hall–Kier alpha value is -2.56. The number of β-amino-alcohol motifs (C(OH)–C–C–N with tert-alkyl or cyclic N) is 1. The summed E-state index contributed by atoms with van der Waals surface area (Å²) in [4.78, 5) is 4.78. The van der Waals surface area contributed by atoms with Crippen LogP contribution in [0, 0.1) is 13.8 Å². The summed E-state index contributed by atoms with van der Waals surface area (Å²) in [6, 6.07) is 20.9. The Morgan fingerprint density at radius 1 is 0.897 bits per heavy atom. The van der Waals surface area contributed by atoms with Gasteiger partial charge in [-0.1, -0.05) is 48.0 Å². The summed E-state index contributed by atoms with van der Waals surface area (Å²) in [7, 11) is 0. The van der Waals surface area contributed by atoms with Crippen LogP contribution < -0.4 is 9.64 Å². The normalized spacial score (nSPS) is 16.2. The molecule has 1 unspecified atom stereocenters. The van der Waals surface area contributed by atoms with Crippen molar-refractivity contribution in [1.82, 2.24) is 4.90 Å². The van der Waals surface area contributed by atoms with E-state index in [9.17, 15) is 5.11 Å². The Morgan fingerprint density at radius 3 is 2.41 bits per heavy atom. The summed E-state index contributed by atoms with van der Waals surface area (Å²) in [6.45, 7) is 9.17. The van der Waals surface area contributed by atoms with Crippen molar-refractivity contribution in [2.75, 3.05) is 44.2 Å². The zero-order valence-electron chi connectivity index (χ0n) is 17.3. The molecule has 152 valence electrons. The summed E-state index contributed by atoms with van der Waals surface area (Å²) in [5, 5.41) is 12.8. The maximum absolute atomic E-state index is 10.5. The SMILES string of the molecule is Cc1ccc(N2CCN(CC(O)COc3ccc4ccccc4c3)CC2)c(C)c1. The fourth-order valence-electron chi connectivity index (χ4n) is 4.13. The van der Waals surface area contributed by atoms with Crippen LogP contribution in [0.2, 0.25) is 0 Å². The molecule has 0 spiro atoms. The Bertz CT molecular complexity index is 964. The van der Waals surface area contributed by atoms with Crippen LogP contribution in [-0.2, 0) is 0 Å². The number of piperazine rings is 1. The number of aryl methyl sites for hydroxylation is 2. The minimum Gasteiger partial charge on any atom is -0.491 e. The highest BCUT2D eigenvalue weighted by atomic mass is 16.5. The molecule has 1 heterocycles. The highest BCUT2D eigenvalue weighted by Gasteiger charge is 2.20. The highest BCUT2D eigenvalue weighted by molar-refractivity contribution is 5.83. The van der Waals surface area contributed by atoms with Gasteiger partial charge >= 0.3 is 0 Å². The average molecular weight is 391 g/mol. The first-order chi connectivity index (χ1) is 14.1. The largest absolute Gasteiger partial charge is 0.491 e. The third-order valence-corrected chi connectivity index (χ3v) is 5.70. The van der Waals surface area contributed by atoms with Gasteiger partial charge in [0.2, 0.25) is 0 Å². The van der Waals surface area contributed by atoms with E-state index in [-0.39, 0.29) is 0 Å². The van der Waals surface area contributed by atoms with Crippen molar-refractivity contribution in [3.8, 4) is 5.75 Å². The number of ether oxygens (including phenoxy) is 1. The van der Waals surface area contributed by atoms with Crippen LogP contribution in [0.15, 0.2) is 60.7 Å². The van der Waals surface area contributed by atoms with Crippen molar-refractivity contribution < 1.29 is 9.84 Å². The lowest BCUT2D eigenvalue weighted by molar-refractivity contribution is 0.0663. The van der Waals surface area contributed by atoms with Crippen LogP contribution in [0.25, 0.3) is 10.8 Å². The molecule has 4 nitrogen and oxygen atoms in total. The number of hydrogen-bond acceptors (Lipinski definition) is 4. The van der Waals surface area contributed by atoms with Crippen LogP contribution in [-0.4, -0.2) is 55.4 Å². The van der Waals surface area contributed by atoms with Crippen molar-refractivity contribution in [2.24, 2.45) is 0 Å². The first kappa shape index (κ1) is 19.7. The van der Waals surface area contributed by atoms with Crippen LogP contribution in [0.5, 0.6) is 5.75 Å². The maximum atomic E-state index is 10.5. The van der Waals surface area contributed by atoms with Crippen molar-refractivity contribution in [2.45, 2.75) is 20.0 Å². The number of benzene rings is 3. The van der Waals surface area contributed by atoms with E-state index >= 15 is 0 Å². The third kappa shape index (κ3) is 4.89. The van der Waals surface area contributed by atoms with Gasteiger partial charge in [-0.15, -0.1) is 0 Å². The topological polar surface area (TPSA) is 35.9 Å². The van der Waals surface area contributed by atoms with Gasteiger partial charge in [0.05, 0.1) is 0 Å². The number of anilines is 1. The zero-order valence-corrected chi connectivity index (χ0v) is 17.3. The van der Waals surface area contributed by atoms with Crippen LogP contribution in [0.1, 0.15) is 11.1 Å². The second kappa shape index (κ2) is 8.85. The van der Waals surface area contributed by atoms with Gasteiger partial charge in [0.1, 0.15) is 18.5 Å². The van der Waals surface area contributed by atoms with Gasteiger partial charge < -0.3 is 14.7 Å². The highest BCUT2D eigenvalue weighted by Crippen LogP contribution is 2.23. The van der Waals surface area contributed by atoms with E-state index in [4.69, 9.17) is 4.74 Å². The molecule has 4 rings (SSSR count). The van der Waals surface area contributed by atoms with Crippen molar-refractivity contribution in [3.63, 3.8) is 0 Å². The lowest BCUT2D eigenvalue weighted by Gasteiger charge is -2.37. The minimum absolute atomic E-state index is 0.315. The smallest absolute Gasteiger partial charge is 0.120 e. The fraction of sp³-hybridized carbons (Fsp3) is 0.360. The van der Waals surface area contributed by atoms with Gasteiger partial charge in [-0.3, -0.25) is 4.90 Å². The van der Waals surface area contributed by atoms with E-state index < -0.39 is 6.10 Å². The van der Waals surface area contributed by atoms with Crippen molar-refractivity contribution >= 4 is 16.5 Å². The second-order valence-electron chi connectivity index (χ2n) is 8.05.